The summed E-state index contributed by atoms with van der Waals surface area (Å²) >= 11 is 6.03. The first-order chi connectivity index (χ1) is 13.5. The molecule has 3 rings (SSSR count). The van der Waals surface area contributed by atoms with Gasteiger partial charge in [0.25, 0.3) is 5.56 Å². The van der Waals surface area contributed by atoms with Crippen molar-refractivity contribution in [2.75, 3.05) is 6.54 Å². The van der Waals surface area contributed by atoms with Gasteiger partial charge in [-0.05, 0) is 56.7 Å². The number of nitrogens with zero attached hydrogens (tertiary/aromatic N) is 3. The van der Waals surface area contributed by atoms with E-state index in [1.165, 1.54) is 0 Å². The molecule has 0 saturated carbocycles. The molecule has 0 saturated heterocycles. The molecule has 0 aliphatic rings. The lowest BCUT2D eigenvalue weighted by atomic mass is 10.1. The molecular formula is C22H24ClN3O2. The van der Waals surface area contributed by atoms with Crippen LogP contribution in [0, 0.1) is 0 Å². The Morgan fingerprint density at radius 3 is 2.46 bits per heavy atom. The Morgan fingerprint density at radius 1 is 1.14 bits per heavy atom. The standard InChI is InChI=1S/C22H24ClN3O2/c1-4-8-20(27)25(5-2)15(3)21-24-19-10-7-6-9-18(19)22(28)26(21)17-13-11-16(23)12-14-17/h6-7,9-15H,4-5,8H2,1-3H3. The van der Waals surface area contributed by atoms with Crippen LogP contribution < -0.4 is 5.56 Å². The SMILES string of the molecule is CCCC(=O)N(CC)C(C)c1nc2ccccc2c(=O)n1-c1ccc(Cl)cc1. The summed E-state index contributed by atoms with van der Waals surface area (Å²) in [6, 6.07) is 14.0. The maximum Gasteiger partial charge on any atom is 0.266 e. The van der Waals surface area contributed by atoms with Gasteiger partial charge in [0.2, 0.25) is 5.91 Å². The van der Waals surface area contributed by atoms with Gasteiger partial charge in [-0.2, -0.15) is 0 Å². The fraction of sp³-hybridized carbons (Fsp3) is 0.318. The topological polar surface area (TPSA) is 55.2 Å². The molecule has 0 aliphatic carbocycles. The number of carbonyl (C=O) groups excluding carboxylic acids is 1. The highest BCUT2D eigenvalue weighted by Crippen LogP contribution is 2.24. The van der Waals surface area contributed by atoms with Gasteiger partial charge in [0.1, 0.15) is 5.82 Å². The smallest absolute Gasteiger partial charge is 0.266 e. The molecule has 1 amide bonds. The summed E-state index contributed by atoms with van der Waals surface area (Å²) in [4.78, 5) is 32.5. The van der Waals surface area contributed by atoms with Crippen molar-refractivity contribution in [2.45, 2.75) is 39.7 Å². The van der Waals surface area contributed by atoms with E-state index in [1.54, 1.807) is 39.8 Å². The van der Waals surface area contributed by atoms with Gasteiger partial charge < -0.3 is 4.90 Å². The first kappa shape index (κ1) is 20.1. The van der Waals surface area contributed by atoms with Crippen LogP contribution in [0.4, 0.5) is 0 Å². The van der Waals surface area contributed by atoms with Crippen molar-refractivity contribution in [3.8, 4) is 5.69 Å². The van der Waals surface area contributed by atoms with E-state index in [-0.39, 0.29) is 17.5 Å². The van der Waals surface area contributed by atoms with Crippen LogP contribution in [-0.2, 0) is 4.79 Å². The van der Waals surface area contributed by atoms with Crippen molar-refractivity contribution in [3.63, 3.8) is 0 Å². The number of para-hydroxylation sites is 1. The number of carbonyl (C=O) groups is 1. The number of fused-ring (bicyclic) bond motifs is 1. The summed E-state index contributed by atoms with van der Waals surface area (Å²) in [5.74, 6) is 0.597. The summed E-state index contributed by atoms with van der Waals surface area (Å²) in [5.41, 5.74) is 1.14. The van der Waals surface area contributed by atoms with E-state index in [4.69, 9.17) is 16.6 Å². The van der Waals surface area contributed by atoms with Gasteiger partial charge in [0.05, 0.1) is 22.6 Å². The molecule has 1 unspecified atom stereocenters. The first-order valence-electron chi connectivity index (χ1n) is 9.55. The van der Waals surface area contributed by atoms with Gasteiger partial charge >= 0.3 is 0 Å². The van der Waals surface area contributed by atoms with Crippen LogP contribution in [0.2, 0.25) is 5.02 Å². The third-order valence-electron chi connectivity index (χ3n) is 4.85. The molecule has 1 heterocycles. The van der Waals surface area contributed by atoms with Gasteiger partial charge in [-0.15, -0.1) is 0 Å². The van der Waals surface area contributed by atoms with Crippen LogP contribution in [0.3, 0.4) is 0 Å². The second kappa shape index (κ2) is 8.57. The molecule has 0 spiro atoms. The zero-order valence-corrected chi connectivity index (χ0v) is 17.1. The van der Waals surface area contributed by atoms with Gasteiger partial charge in [0, 0.05) is 18.0 Å². The number of hydrogen-bond donors (Lipinski definition) is 0. The third kappa shape index (κ3) is 3.80. The van der Waals surface area contributed by atoms with E-state index in [0.717, 1.165) is 6.42 Å². The lowest BCUT2D eigenvalue weighted by Crippen LogP contribution is -2.37. The molecule has 146 valence electrons. The van der Waals surface area contributed by atoms with Crippen LogP contribution in [-0.4, -0.2) is 26.9 Å². The summed E-state index contributed by atoms with van der Waals surface area (Å²) in [6.45, 7) is 6.38. The predicted molar refractivity (Wildman–Crippen MR) is 113 cm³/mol. The summed E-state index contributed by atoms with van der Waals surface area (Å²) in [7, 11) is 0. The molecule has 0 aliphatic heterocycles. The highest BCUT2D eigenvalue weighted by atomic mass is 35.5. The molecule has 0 radical (unpaired) electrons. The Balaban J connectivity index is 2.25. The highest BCUT2D eigenvalue weighted by Gasteiger charge is 2.25. The lowest BCUT2D eigenvalue weighted by molar-refractivity contribution is -0.133. The van der Waals surface area contributed by atoms with Gasteiger partial charge in [-0.3, -0.25) is 14.2 Å². The van der Waals surface area contributed by atoms with E-state index in [1.807, 2.05) is 39.0 Å². The quantitative estimate of drug-likeness (QED) is 0.603. The minimum atomic E-state index is -0.350. The number of halogens is 1. The molecule has 0 fully saturated rings. The Labute approximate surface area is 169 Å². The largest absolute Gasteiger partial charge is 0.333 e. The van der Waals surface area contributed by atoms with Gasteiger partial charge in [0.15, 0.2) is 0 Å². The number of benzene rings is 2. The van der Waals surface area contributed by atoms with Gasteiger partial charge in [-0.25, -0.2) is 4.98 Å². The molecule has 5 nitrogen and oxygen atoms in total. The summed E-state index contributed by atoms with van der Waals surface area (Å²) < 4.78 is 1.59. The zero-order valence-electron chi connectivity index (χ0n) is 16.4. The van der Waals surface area contributed by atoms with E-state index in [2.05, 4.69) is 0 Å². The van der Waals surface area contributed by atoms with Crippen molar-refractivity contribution < 1.29 is 4.79 Å². The average Bonchev–Trinajstić information content (AvgIpc) is 2.69. The Kier molecular flexibility index (Phi) is 6.15. The molecule has 28 heavy (non-hydrogen) atoms. The molecule has 6 heteroatoms. The molecule has 1 atom stereocenters. The Hall–Kier alpha value is -2.66. The maximum atomic E-state index is 13.3. The molecule has 3 aromatic rings. The molecular weight excluding hydrogens is 374 g/mol. The normalized spacial score (nSPS) is 12.1. The number of hydrogen-bond acceptors (Lipinski definition) is 3. The van der Waals surface area contributed by atoms with Crippen molar-refractivity contribution in [3.05, 3.63) is 69.7 Å². The first-order valence-corrected chi connectivity index (χ1v) is 9.92. The number of aromatic nitrogens is 2. The van der Waals surface area contributed by atoms with E-state index < -0.39 is 0 Å². The van der Waals surface area contributed by atoms with Crippen molar-refractivity contribution >= 4 is 28.4 Å². The van der Waals surface area contributed by atoms with Crippen molar-refractivity contribution in [1.29, 1.82) is 0 Å². The summed E-state index contributed by atoms with van der Waals surface area (Å²) in [5, 5.41) is 1.13. The summed E-state index contributed by atoms with van der Waals surface area (Å²) in [6.07, 6.45) is 1.24. The number of amides is 1. The monoisotopic (exact) mass is 397 g/mol. The van der Waals surface area contributed by atoms with E-state index in [0.29, 0.717) is 40.4 Å². The van der Waals surface area contributed by atoms with Crippen LogP contribution in [0.1, 0.15) is 45.5 Å². The Bertz CT molecular complexity index is 1040. The minimum absolute atomic E-state index is 0.0579. The van der Waals surface area contributed by atoms with Crippen LogP contribution in [0.15, 0.2) is 53.3 Å². The predicted octanol–water partition coefficient (Wildman–Crippen LogP) is 4.75. The molecule has 1 aromatic heterocycles. The Morgan fingerprint density at radius 2 is 1.82 bits per heavy atom. The molecule has 2 aromatic carbocycles. The van der Waals surface area contributed by atoms with Crippen LogP contribution in [0.25, 0.3) is 16.6 Å². The van der Waals surface area contributed by atoms with Crippen LogP contribution >= 0.6 is 11.6 Å². The second-order valence-electron chi connectivity index (χ2n) is 6.71. The fourth-order valence-electron chi connectivity index (χ4n) is 3.43. The zero-order chi connectivity index (χ0) is 20.3. The van der Waals surface area contributed by atoms with Gasteiger partial charge in [-0.1, -0.05) is 30.7 Å². The van der Waals surface area contributed by atoms with Crippen molar-refractivity contribution in [1.82, 2.24) is 14.5 Å². The van der Waals surface area contributed by atoms with E-state index >= 15 is 0 Å². The fourth-order valence-corrected chi connectivity index (χ4v) is 3.56. The second-order valence-corrected chi connectivity index (χ2v) is 7.15. The van der Waals surface area contributed by atoms with Crippen LogP contribution in [0.5, 0.6) is 0 Å². The minimum Gasteiger partial charge on any atom is -0.333 e. The lowest BCUT2D eigenvalue weighted by Gasteiger charge is -2.29. The average molecular weight is 398 g/mol. The molecule has 0 N–H and O–H groups in total. The maximum absolute atomic E-state index is 13.3. The third-order valence-corrected chi connectivity index (χ3v) is 5.10. The highest BCUT2D eigenvalue weighted by molar-refractivity contribution is 6.30. The van der Waals surface area contributed by atoms with Crippen molar-refractivity contribution in [2.24, 2.45) is 0 Å². The molecule has 0 bridgehead atoms. The van der Waals surface area contributed by atoms with E-state index in [9.17, 15) is 9.59 Å². The number of rotatable bonds is 6.